The van der Waals surface area contributed by atoms with E-state index in [0.29, 0.717) is 0 Å². The lowest BCUT2D eigenvalue weighted by Gasteiger charge is -2.56. The standard InChI is InChI=1S/C10H15NO5/c1-6(12)15-10(5)9(3,4)8(14)11(10)16-7(2)13/h1-5H3. The molecular weight excluding hydrogens is 214 g/mol. The first-order chi connectivity index (χ1) is 7.13. The number of ether oxygens (including phenoxy) is 1. The van der Waals surface area contributed by atoms with Gasteiger partial charge >= 0.3 is 11.9 Å². The number of esters is 1. The minimum atomic E-state index is -1.25. The van der Waals surface area contributed by atoms with Crippen LogP contribution in [0.5, 0.6) is 0 Å². The van der Waals surface area contributed by atoms with E-state index >= 15 is 0 Å². The summed E-state index contributed by atoms with van der Waals surface area (Å²) in [7, 11) is 0. The highest BCUT2D eigenvalue weighted by Crippen LogP contribution is 2.48. The van der Waals surface area contributed by atoms with Gasteiger partial charge in [-0.15, -0.1) is 5.06 Å². The van der Waals surface area contributed by atoms with Crippen LogP contribution in [0.15, 0.2) is 0 Å². The maximum absolute atomic E-state index is 11.7. The van der Waals surface area contributed by atoms with Gasteiger partial charge in [0.2, 0.25) is 5.72 Å². The number of nitrogens with zero attached hydrogens (tertiary/aromatic N) is 1. The van der Waals surface area contributed by atoms with Crippen LogP contribution in [0, 0.1) is 5.41 Å². The Labute approximate surface area is 93.4 Å². The van der Waals surface area contributed by atoms with Crippen molar-refractivity contribution in [2.45, 2.75) is 40.3 Å². The Morgan fingerprint density at radius 2 is 1.62 bits per heavy atom. The molecule has 1 rings (SSSR count). The molecule has 1 aliphatic heterocycles. The summed E-state index contributed by atoms with van der Waals surface area (Å²) in [4.78, 5) is 38.2. The molecule has 1 aliphatic rings. The molecule has 0 aromatic carbocycles. The summed E-state index contributed by atoms with van der Waals surface area (Å²) in [6, 6.07) is 0. The average molecular weight is 229 g/mol. The molecule has 0 radical (unpaired) electrons. The third kappa shape index (κ3) is 1.54. The molecule has 0 spiro atoms. The van der Waals surface area contributed by atoms with Crippen LogP contribution in [0.25, 0.3) is 0 Å². The molecule has 1 saturated heterocycles. The summed E-state index contributed by atoms with van der Waals surface area (Å²) >= 11 is 0. The second-order valence-electron chi connectivity index (χ2n) is 4.38. The van der Waals surface area contributed by atoms with Crippen LogP contribution in [-0.4, -0.2) is 28.6 Å². The number of hydrogen-bond donors (Lipinski definition) is 0. The zero-order valence-electron chi connectivity index (χ0n) is 9.99. The van der Waals surface area contributed by atoms with Crippen LogP contribution in [0.2, 0.25) is 0 Å². The van der Waals surface area contributed by atoms with Crippen molar-refractivity contribution in [3.05, 3.63) is 0 Å². The normalized spacial score (nSPS) is 27.1. The number of hydroxylamine groups is 2. The van der Waals surface area contributed by atoms with Gasteiger partial charge in [0.1, 0.15) is 5.41 Å². The summed E-state index contributed by atoms with van der Waals surface area (Å²) in [5, 5.41) is 0.802. The lowest BCUT2D eigenvalue weighted by molar-refractivity contribution is -0.339. The summed E-state index contributed by atoms with van der Waals surface area (Å²) in [5.74, 6) is -1.58. The van der Waals surface area contributed by atoms with E-state index < -0.39 is 29.0 Å². The number of rotatable bonds is 2. The van der Waals surface area contributed by atoms with Crippen molar-refractivity contribution in [1.29, 1.82) is 0 Å². The molecule has 1 unspecified atom stereocenters. The molecule has 0 bridgehead atoms. The predicted molar refractivity (Wildman–Crippen MR) is 52.6 cm³/mol. The second kappa shape index (κ2) is 3.47. The molecule has 0 N–H and O–H groups in total. The van der Waals surface area contributed by atoms with Crippen LogP contribution in [0.4, 0.5) is 0 Å². The summed E-state index contributed by atoms with van der Waals surface area (Å²) in [6.45, 7) is 7.18. The average Bonchev–Trinajstić information content (AvgIpc) is 2.11. The Morgan fingerprint density at radius 3 is 2.00 bits per heavy atom. The Balaban J connectivity index is 2.97. The SMILES string of the molecule is CC(=O)ON1C(=O)C(C)(C)C1(C)OC(C)=O. The van der Waals surface area contributed by atoms with E-state index in [1.165, 1.54) is 20.8 Å². The van der Waals surface area contributed by atoms with E-state index in [0.717, 1.165) is 5.06 Å². The van der Waals surface area contributed by atoms with Crippen molar-refractivity contribution in [2.24, 2.45) is 5.41 Å². The zero-order chi connectivity index (χ0) is 12.7. The Hall–Kier alpha value is -1.59. The number of amides is 1. The number of carbonyl (C=O) groups is 3. The van der Waals surface area contributed by atoms with Crippen LogP contribution in [0.3, 0.4) is 0 Å². The Kier molecular flexibility index (Phi) is 2.70. The van der Waals surface area contributed by atoms with Gasteiger partial charge in [0.15, 0.2) is 0 Å². The Bertz CT molecular complexity index is 362. The van der Waals surface area contributed by atoms with Gasteiger partial charge < -0.3 is 9.57 Å². The van der Waals surface area contributed by atoms with Crippen molar-refractivity contribution < 1.29 is 24.0 Å². The second-order valence-corrected chi connectivity index (χ2v) is 4.38. The van der Waals surface area contributed by atoms with Crippen molar-refractivity contribution >= 4 is 17.8 Å². The fourth-order valence-electron chi connectivity index (χ4n) is 1.55. The summed E-state index contributed by atoms with van der Waals surface area (Å²) < 4.78 is 5.06. The van der Waals surface area contributed by atoms with E-state index in [4.69, 9.17) is 9.57 Å². The van der Waals surface area contributed by atoms with E-state index in [2.05, 4.69) is 0 Å². The fourth-order valence-corrected chi connectivity index (χ4v) is 1.55. The van der Waals surface area contributed by atoms with Crippen LogP contribution in [0.1, 0.15) is 34.6 Å². The molecule has 1 fully saturated rings. The third-order valence-electron chi connectivity index (χ3n) is 2.83. The van der Waals surface area contributed by atoms with Crippen LogP contribution < -0.4 is 0 Å². The summed E-state index contributed by atoms with van der Waals surface area (Å²) in [5.41, 5.74) is -2.16. The van der Waals surface area contributed by atoms with Gasteiger partial charge in [0.05, 0.1) is 0 Å². The first-order valence-corrected chi connectivity index (χ1v) is 4.85. The van der Waals surface area contributed by atoms with Gasteiger partial charge in [-0.3, -0.25) is 14.4 Å². The lowest BCUT2D eigenvalue weighted by Crippen LogP contribution is -2.75. The quantitative estimate of drug-likeness (QED) is 0.512. The largest absolute Gasteiger partial charge is 0.435 e. The number of β-lactam (4-membered cyclic amide) rings is 1. The topological polar surface area (TPSA) is 72.9 Å². The molecule has 16 heavy (non-hydrogen) atoms. The molecule has 6 heteroatoms. The third-order valence-corrected chi connectivity index (χ3v) is 2.83. The zero-order valence-corrected chi connectivity index (χ0v) is 9.99. The van der Waals surface area contributed by atoms with Gasteiger partial charge in [-0.1, -0.05) is 0 Å². The van der Waals surface area contributed by atoms with Gasteiger partial charge in [-0.2, -0.15) is 0 Å². The molecular formula is C10H15NO5. The van der Waals surface area contributed by atoms with Crippen LogP contribution >= 0.6 is 0 Å². The first kappa shape index (κ1) is 12.5. The molecule has 1 amide bonds. The smallest absolute Gasteiger partial charge is 0.329 e. The van der Waals surface area contributed by atoms with Crippen LogP contribution in [-0.2, 0) is 24.0 Å². The molecule has 0 aromatic heterocycles. The highest BCUT2D eigenvalue weighted by molar-refractivity contribution is 5.91. The minimum Gasteiger partial charge on any atom is -0.435 e. The van der Waals surface area contributed by atoms with Gasteiger partial charge in [0, 0.05) is 13.8 Å². The molecule has 0 saturated carbocycles. The lowest BCUT2D eigenvalue weighted by atomic mass is 9.73. The van der Waals surface area contributed by atoms with E-state index in [-0.39, 0.29) is 0 Å². The van der Waals surface area contributed by atoms with Crippen molar-refractivity contribution in [1.82, 2.24) is 5.06 Å². The molecule has 6 nitrogen and oxygen atoms in total. The predicted octanol–water partition coefficient (Wildman–Crippen LogP) is 0.612. The van der Waals surface area contributed by atoms with Gasteiger partial charge in [-0.25, -0.2) is 0 Å². The molecule has 1 atom stereocenters. The highest BCUT2D eigenvalue weighted by atomic mass is 16.8. The molecule has 90 valence electrons. The maximum atomic E-state index is 11.7. The van der Waals surface area contributed by atoms with Crippen molar-refractivity contribution in [3.8, 4) is 0 Å². The summed E-state index contributed by atoms with van der Waals surface area (Å²) in [6.07, 6.45) is 0. The van der Waals surface area contributed by atoms with E-state index in [1.54, 1.807) is 13.8 Å². The highest BCUT2D eigenvalue weighted by Gasteiger charge is 2.69. The van der Waals surface area contributed by atoms with Gasteiger partial charge in [0.25, 0.3) is 5.91 Å². The maximum Gasteiger partial charge on any atom is 0.329 e. The van der Waals surface area contributed by atoms with Gasteiger partial charge in [-0.05, 0) is 20.8 Å². The molecule has 0 aliphatic carbocycles. The number of hydrogen-bond acceptors (Lipinski definition) is 5. The van der Waals surface area contributed by atoms with E-state index in [9.17, 15) is 14.4 Å². The first-order valence-electron chi connectivity index (χ1n) is 4.85. The van der Waals surface area contributed by atoms with Crippen molar-refractivity contribution in [3.63, 3.8) is 0 Å². The van der Waals surface area contributed by atoms with E-state index in [1.807, 2.05) is 0 Å². The fraction of sp³-hybridized carbons (Fsp3) is 0.700. The Morgan fingerprint density at radius 1 is 1.12 bits per heavy atom. The molecule has 0 aromatic rings. The minimum absolute atomic E-state index is 0.397. The van der Waals surface area contributed by atoms with Crippen molar-refractivity contribution in [2.75, 3.05) is 0 Å². The molecule has 1 heterocycles. The number of carbonyl (C=O) groups excluding carboxylic acids is 3. The monoisotopic (exact) mass is 229 g/mol.